The van der Waals surface area contributed by atoms with Gasteiger partial charge in [-0.1, -0.05) is 19.4 Å². The molecule has 5 heteroatoms. The van der Waals surface area contributed by atoms with E-state index in [2.05, 4.69) is 0 Å². The fraction of sp³-hybridized carbons (Fsp3) is 0.571. The number of hydrogen-bond acceptors (Lipinski definition) is 2. The second-order valence-electron chi connectivity index (χ2n) is 4.88. The highest BCUT2D eigenvalue weighted by molar-refractivity contribution is 7.89. The Kier molecular flexibility index (Phi) is 4.87. The smallest absolute Gasteiger partial charge is 0.207 e. The molecule has 0 radical (unpaired) electrons. The lowest BCUT2D eigenvalue weighted by Crippen LogP contribution is -2.35. The van der Waals surface area contributed by atoms with E-state index in [1.54, 1.807) is 16.4 Å². The second kappa shape index (κ2) is 6.25. The highest BCUT2D eigenvalue weighted by atomic mass is 35.5. The third kappa shape index (κ3) is 3.12. The summed E-state index contributed by atoms with van der Waals surface area (Å²) in [5.74, 6) is 0.354. The van der Waals surface area contributed by atoms with Gasteiger partial charge in [0.15, 0.2) is 0 Å². The number of sulfonamides is 1. The highest BCUT2D eigenvalue weighted by Crippen LogP contribution is 2.24. The van der Waals surface area contributed by atoms with Gasteiger partial charge in [-0.05, 0) is 42.5 Å². The predicted molar refractivity (Wildman–Crippen MR) is 78.0 cm³/mol. The van der Waals surface area contributed by atoms with Crippen molar-refractivity contribution >= 4 is 21.6 Å². The van der Waals surface area contributed by atoms with Crippen LogP contribution in [0.15, 0.2) is 23.1 Å². The van der Waals surface area contributed by atoms with Gasteiger partial charge in [-0.15, -0.1) is 11.6 Å². The monoisotopic (exact) mass is 301 g/mol. The van der Waals surface area contributed by atoms with Crippen LogP contribution in [0.1, 0.15) is 37.3 Å². The van der Waals surface area contributed by atoms with Gasteiger partial charge in [0, 0.05) is 19.0 Å². The first kappa shape index (κ1) is 14.8. The molecule has 0 saturated carbocycles. The number of alkyl halides is 1. The van der Waals surface area contributed by atoms with Crippen LogP contribution in [0.4, 0.5) is 0 Å². The lowest BCUT2D eigenvalue weighted by Gasteiger charge is -2.26. The van der Waals surface area contributed by atoms with Crippen molar-refractivity contribution in [1.29, 1.82) is 0 Å². The van der Waals surface area contributed by atoms with Crippen LogP contribution in [0, 0.1) is 0 Å². The summed E-state index contributed by atoms with van der Waals surface area (Å²) in [5.41, 5.74) is 2.04. The molecule has 1 aliphatic rings. The fourth-order valence-corrected chi connectivity index (χ4v) is 4.30. The zero-order chi connectivity index (χ0) is 13.9. The van der Waals surface area contributed by atoms with Gasteiger partial charge in [-0.2, -0.15) is 4.31 Å². The van der Waals surface area contributed by atoms with E-state index in [4.69, 9.17) is 11.6 Å². The highest BCUT2D eigenvalue weighted by Gasteiger charge is 2.26. The van der Waals surface area contributed by atoms with Crippen LogP contribution in [0.25, 0.3) is 0 Å². The molecule has 0 amide bonds. The molecule has 1 heterocycles. The van der Waals surface area contributed by atoms with E-state index < -0.39 is 10.0 Å². The number of rotatable bonds is 4. The maximum absolute atomic E-state index is 12.5. The Morgan fingerprint density at radius 3 is 2.42 bits per heavy atom. The standard InChI is InChI=1S/C14H20ClNO2S/c1-2-12-6-7-14(10-13(12)11-15)19(17,18)16-8-4-3-5-9-16/h6-7,10H,2-5,8-9,11H2,1H3. The summed E-state index contributed by atoms with van der Waals surface area (Å²) in [5, 5.41) is 0. The van der Waals surface area contributed by atoms with Crippen LogP contribution in [0.3, 0.4) is 0 Å². The first-order chi connectivity index (χ1) is 9.09. The molecule has 1 aliphatic heterocycles. The number of aryl methyl sites for hydroxylation is 1. The van der Waals surface area contributed by atoms with Crippen molar-refractivity contribution in [3.63, 3.8) is 0 Å². The third-order valence-electron chi connectivity index (χ3n) is 3.66. The van der Waals surface area contributed by atoms with Crippen LogP contribution in [-0.4, -0.2) is 25.8 Å². The van der Waals surface area contributed by atoms with Crippen LogP contribution >= 0.6 is 11.6 Å². The molecule has 0 atom stereocenters. The zero-order valence-corrected chi connectivity index (χ0v) is 12.8. The largest absolute Gasteiger partial charge is 0.243 e. The van der Waals surface area contributed by atoms with Crippen LogP contribution < -0.4 is 0 Å². The average molecular weight is 302 g/mol. The zero-order valence-electron chi connectivity index (χ0n) is 11.2. The molecule has 3 nitrogen and oxygen atoms in total. The third-order valence-corrected chi connectivity index (χ3v) is 5.84. The molecule has 0 N–H and O–H groups in total. The number of benzene rings is 1. The van der Waals surface area contributed by atoms with Gasteiger partial charge in [-0.25, -0.2) is 8.42 Å². The van der Waals surface area contributed by atoms with Crippen molar-refractivity contribution in [3.05, 3.63) is 29.3 Å². The van der Waals surface area contributed by atoms with E-state index in [0.29, 0.717) is 23.9 Å². The Morgan fingerprint density at radius 1 is 1.16 bits per heavy atom. The fourth-order valence-electron chi connectivity index (χ4n) is 2.49. The van der Waals surface area contributed by atoms with Gasteiger partial charge in [0.05, 0.1) is 4.90 Å². The van der Waals surface area contributed by atoms with Gasteiger partial charge >= 0.3 is 0 Å². The topological polar surface area (TPSA) is 37.4 Å². The number of piperidine rings is 1. The first-order valence-corrected chi connectivity index (χ1v) is 8.75. The molecule has 19 heavy (non-hydrogen) atoms. The SMILES string of the molecule is CCc1ccc(S(=O)(=O)N2CCCCC2)cc1CCl. The molecule has 1 aromatic carbocycles. The molecule has 2 rings (SSSR count). The first-order valence-electron chi connectivity index (χ1n) is 6.77. The van der Waals surface area contributed by atoms with Crippen molar-refractivity contribution in [2.75, 3.05) is 13.1 Å². The minimum atomic E-state index is -3.34. The van der Waals surface area contributed by atoms with Crippen molar-refractivity contribution in [2.45, 2.75) is 43.4 Å². The van der Waals surface area contributed by atoms with Crippen LogP contribution in [0.2, 0.25) is 0 Å². The minimum Gasteiger partial charge on any atom is -0.207 e. The molecule has 0 spiro atoms. The van der Waals surface area contributed by atoms with Gasteiger partial charge < -0.3 is 0 Å². The van der Waals surface area contributed by atoms with Crippen LogP contribution in [-0.2, 0) is 22.3 Å². The van der Waals surface area contributed by atoms with Crippen molar-refractivity contribution in [1.82, 2.24) is 4.31 Å². The summed E-state index contributed by atoms with van der Waals surface area (Å²) in [7, 11) is -3.34. The number of hydrogen-bond donors (Lipinski definition) is 0. The van der Waals surface area contributed by atoms with Crippen molar-refractivity contribution in [2.24, 2.45) is 0 Å². The second-order valence-corrected chi connectivity index (χ2v) is 7.09. The van der Waals surface area contributed by atoms with Gasteiger partial charge in [-0.3, -0.25) is 0 Å². The lowest BCUT2D eigenvalue weighted by molar-refractivity contribution is 0.346. The van der Waals surface area contributed by atoms with E-state index in [0.717, 1.165) is 36.8 Å². The van der Waals surface area contributed by atoms with Crippen molar-refractivity contribution in [3.8, 4) is 0 Å². The average Bonchev–Trinajstić information content (AvgIpc) is 2.47. The van der Waals surface area contributed by atoms with E-state index >= 15 is 0 Å². The molecule has 106 valence electrons. The summed E-state index contributed by atoms with van der Waals surface area (Å²) >= 11 is 5.91. The number of nitrogens with zero attached hydrogens (tertiary/aromatic N) is 1. The Bertz CT molecular complexity index is 536. The van der Waals surface area contributed by atoms with E-state index in [-0.39, 0.29) is 0 Å². The Balaban J connectivity index is 2.34. The molecule has 1 saturated heterocycles. The Morgan fingerprint density at radius 2 is 1.84 bits per heavy atom. The van der Waals surface area contributed by atoms with E-state index in [1.165, 1.54) is 0 Å². The summed E-state index contributed by atoms with van der Waals surface area (Å²) in [6, 6.07) is 5.32. The Hall–Kier alpha value is -0.580. The molecule has 1 aromatic rings. The van der Waals surface area contributed by atoms with E-state index in [1.807, 2.05) is 13.0 Å². The molecular formula is C14H20ClNO2S. The maximum Gasteiger partial charge on any atom is 0.243 e. The summed E-state index contributed by atoms with van der Waals surface area (Å²) in [4.78, 5) is 0.377. The number of halogens is 1. The summed E-state index contributed by atoms with van der Waals surface area (Å²) in [6.45, 7) is 3.31. The molecule has 0 aromatic heterocycles. The summed E-state index contributed by atoms with van der Waals surface area (Å²) in [6.07, 6.45) is 3.89. The predicted octanol–water partition coefficient (Wildman–Crippen LogP) is 3.16. The normalized spacial score (nSPS) is 17.6. The van der Waals surface area contributed by atoms with Crippen molar-refractivity contribution < 1.29 is 8.42 Å². The molecule has 0 bridgehead atoms. The van der Waals surface area contributed by atoms with Gasteiger partial charge in [0.25, 0.3) is 0 Å². The van der Waals surface area contributed by atoms with Crippen LogP contribution in [0.5, 0.6) is 0 Å². The molecule has 0 unspecified atom stereocenters. The Labute approximate surface area is 120 Å². The van der Waals surface area contributed by atoms with Gasteiger partial charge in [0.1, 0.15) is 0 Å². The minimum absolute atomic E-state index is 0.354. The lowest BCUT2D eigenvalue weighted by atomic mass is 10.1. The van der Waals surface area contributed by atoms with Gasteiger partial charge in [0.2, 0.25) is 10.0 Å². The van der Waals surface area contributed by atoms with E-state index in [9.17, 15) is 8.42 Å². The quantitative estimate of drug-likeness (QED) is 0.801. The molecule has 0 aliphatic carbocycles. The summed E-state index contributed by atoms with van der Waals surface area (Å²) < 4.78 is 26.7. The molecule has 1 fully saturated rings. The molecular weight excluding hydrogens is 282 g/mol. The maximum atomic E-state index is 12.5.